The maximum atomic E-state index is 8.57. The number of aromatic amines is 1. The average Bonchev–Trinajstić information content (AvgIpc) is 2.67. The summed E-state index contributed by atoms with van der Waals surface area (Å²) in [7, 11) is 0. The molecule has 0 amide bonds. The molecule has 76 valence electrons. The van der Waals surface area contributed by atoms with Gasteiger partial charge >= 0.3 is 0 Å². The topological polar surface area (TPSA) is 115 Å². The van der Waals surface area contributed by atoms with Crippen LogP contribution in [0.2, 0.25) is 0 Å². The Bertz CT molecular complexity index is 446. The van der Waals surface area contributed by atoms with Crippen LogP contribution in [-0.2, 0) is 0 Å². The number of nitrogen functional groups attached to an aromatic ring is 2. The van der Waals surface area contributed by atoms with Crippen LogP contribution in [0.1, 0.15) is 0 Å². The largest absolute Gasteiger partial charge is 0.473 e. The van der Waals surface area contributed by atoms with E-state index in [1.54, 1.807) is 6.20 Å². The van der Waals surface area contributed by atoms with Crippen LogP contribution >= 0.6 is 0 Å². The number of hydrogen-bond acceptors (Lipinski definition) is 5. The molecule has 0 saturated carbocycles. The minimum Gasteiger partial charge on any atom is -0.473 e. The highest BCUT2D eigenvalue weighted by atomic mass is 16.5. The number of nitrogens with zero attached hydrogens (tertiary/aromatic N) is 2. The third-order valence-electron chi connectivity index (χ3n) is 1.82. The molecule has 0 spiro atoms. The SMILES string of the molecule is Nc1c[nH]n2c(N)c(OCCO)nc12. The normalized spacial score (nSPS) is 10.9. The Kier molecular flexibility index (Phi) is 1.93. The number of fused-ring (bicyclic) bond motifs is 1. The number of rotatable bonds is 3. The summed E-state index contributed by atoms with van der Waals surface area (Å²) in [4.78, 5) is 4.06. The molecule has 2 heterocycles. The first-order chi connectivity index (χ1) is 6.74. The molecule has 0 aliphatic heterocycles. The molecule has 2 rings (SSSR count). The van der Waals surface area contributed by atoms with Crippen molar-refractivity contribution in [1.29, 1.82) is 0 Å². The van der Waals surface area contributed by atoms with Gasteiger partial charge in [-0.15, -0.1) is 0 Å². The molecule has 7 heteroatoms. The molecule has 14 heavy (non-hydrogen) atoms. The van der Waals surface area contributed by atoms with E-state index in [4.69, 9.17) is 21.3 Å². The zero-order valence-corrected chi connectivity index (χ0v) is 7.40. The van der Waals surface area contributed by atoms with Crippen molar-refractivity contribution in [3.63, 3.8) is 0 Å². The van der Waals surface area contributed by atoms with E-state index >= 15 is 0 Å². The molecule has 6 N–H and O–H groups in total. The van der Waals surface area contributed by atoms with Crippen molar-refractivity contribution in [3.8, 4) is 5.88 Å². The lowest BCUT2D eigenvalue weighted by Crippen LogP contribution is -2.04. The fourth-order valence-corrected chi connectivity index (χ4v) is 1.18. The number of nitrogens with two attached hydrogens (primary N) is 2. The van der Waals surface area contributed by atoms with Crippen LogP contribution in [0.4, 0.5) is 11.5 Å². The first-order valence-electron chi connectivity index (χ1n) is 4.08. The van der Waals surface area contributed by atoms with Gasteiger partial charge in [-0.05, 0) is 0 Å². The monoisotopic (exact) mass is 197 g/mol. The number of imidazole rings is 1. The van der Waals surface area contributed by atoms with Crippen molar-refractivity contribution in [2.75, 3.05) is 24.7 Å². The lowest BCUT2D eigenvalue weighted by atomic mass is 10.6. The van der Waals surface area contributed by atoms with Gasteiger partial charge in [-0.3, -0.25) is 5.10 Å². The molecule has 2 aromatic rings. The Morgan fingerprint density at radius 2 is 2.36 bits per heavy atom. The number of hydrogen-bond donors (Lipinski definition) is 4. The fraction of sp³-hybridized carbons (Fsp3) is 0.286. The van der Waals surface area contributed by atoms with Crippen LogP contribution in [0.15, 0.2) is 6.20 Å². The summed E-state index contributed by atoms with van der Waals surface area (Å²) in [5.74, 6) is 0.614. The first-order valence-corrected chi connectivity index (χ1v) is 4.08. The van der Waals surface area contributed by atoms with E-state index in [1.807, 2.05) is 0 Å². The van der Waals surface area contributed by atoms with E-state index in [0.717, 1.165) is 0 Å². The van der Waals surface area contributed by atoms with Gasteiger partial charge in [-0.1, -0.05) is 0 Å². The number of anilines is 2. The predicted molar refractivity (Wildman–Crippen MR) is 50.9 cm³/mol. The fourth-order valence-electron chi connectivity index (χ4n) is 1.18. The van der Waals surface area contributed by atoms with Gasteiger partial charge in [0.05, 0.1) is 12.3 Å². The number of nitrogens with one attached hydrogen (secondary N) is 1. The van der Waals surface area contributed by atoms with Crippen LogP contribution in [0.5, 0.6) is 5.88 Å². The lowest BCUT2D eigenvalue weighted by molar-refractivity contribution is 0.198. The highest BCUT2D eigenvalue weighted by Crippen LogP contribution is 2.24. The predicted octanol–water partition coefficient (Wildman–Crippen LogP) is -0.802. The summed E-state index contributed by atoms with van der Waals surface area (Å²) in [6, 6.07) is 0. The Balaban J connectivity index is 2.41. The van der Waals surface area contributed by atoms with Crippen LogP contribution in [0.25, 0.3) is 5.65 Å². The Hall–Kier alpha value is -1.89. The Morgan fingerprint density at radius 3 is 3.00 bits per heavy atom. The van der Waals surface area contributed by atoms with Crippen LogP contribution < -0.4 is 16.2 Å². The average molecular weight is 197 g/mol. The van der Waals surface area contributed by atoms with E-state index < -0.39 is 0 Å². The number of aliphatic hydroxyl groups is 1. The van der Waals surface area contributed by atoms with E-state index in [-0.39, 0.29) is 19.1 Å². The third kappa shape index (κ3) is 1.14. The van der Waals surface area contributed by atoms with Gasteiger partial charge in [0.25, 0.3) is 5.88 Å². The smallest absolute Gasteiger partial charge is 0.259 e. The molecule has 0 fully saturated rings. The van der Waals surface area contributed by atoms with Crippen molar-refractivity contribution in [3.05, 3.63) is 6.20 Å². The minimum atomic E-state index is -0.0830. The maximum absolute atomic E-state index is 8.57. The first kappa shape index (κ1) is 8.70. The van der Waals surface area contributed by atoms with Gasteiger partial charge in [0.2, 0.25) is 0 Å². The summed E-state index contributed by atoms with van der Waals surface area (Å²) < 4.78 is 6.62. The summed E-state index contributed by atoms with van der Waals surface area (Å²) in [5.41, 5.74) is 12.3. The van der Waals surface area contributed by atoms with E-state index in [1.165, 1.54) is 4.52 Å². The van der Waals surface area contributed by atoms with Gasteiger partial charge in [0.15, 0.2) is 11.5 Å². The standard InChI is InChI=1S/C7H11N5O2/c8-4-3-10-12-5(9)7(11-6(4)12)14-2-1-13/h3,10,13H,1-2,8-9H2. The molecule has 0 aromatic carbocycles. The quantitative estimate of drug-likeness (QED) is 0.514. The molecule has 0 unspecified atom stereocenters. The van der Waals surface area contributed by atoms with Crippen molar-refractivity contribution in [1.82, 2.24) is 14.6 Å². The number of H-pyrrole nitrogens is 1. The molecule has 0 saturated heterocycles. The summed E-state index contributed by atoms with van der Waals surface area (Å²) in [6.07, 6.45) is 1.59. The van der Waals surface area contributed by atoms with Gasteiger partial charge in [0, 0.05) is 6.20 Å². The second-order valence-electron chi connectivity index (χ2n) is 2.76. The van der Waals surface area contributed by atoms with Crippen LogP contribution in [-0.4, -0.2) is 32.9 Å². The summed E-state index contributed by atoms with van der Waals surface area (Å²) >= 11 is 0. The van der Waals surface area contributed by atoms with Crippen LogP contribution in [0, 0.1) is 0 Å². The molecule has 0 atom stereocenters. The van der Waals surface area contributed by atoms with Gasteiger partial charge in [0.1, 0.15) is 6.61 Å². The molecular weight excluding hydrogens is 186 g/mol. The Labute approximate surface area is 79.3 Å². The van der Waals surface area contributed by atoms with E-state index in [2.05, 4.69) is 10.1 Å². The summed E-state index contributed by atoms with van der Waals surface area (Å²) in [6.45, 7) is 0.0741. The zero-order valence-electron chi connectivity index (χ0n) is 7.40. The molecule has 0 bridgehead atoms. The minimum absolute atomic E-state index is 0.0830. The Morgan fingerprint density at radius 1 is 1.57 bits per heavy atom. The second-order valence-corrected chi connectivity index (χ2v) is 2.76. The molecule has 7 nitrogen and oxygen atoms in total. The maximum Gasteiger partial charge on any atom is 0.259 e. The van der Waals surface area contributed by atoms with E-state index in [0.29, 0.717) is 17.2 Å². The number of ether oxygens (including phenoxy) is 1. The molecule has 0 aliphatic rings. The van der Waals surface area contributed by atoms with Crippen molar-refractivity contribution >= 4 is 17.2 Å². The number of aliphatic hydroxyl groups excluding tert-OH is 1. The molecular formula is C7H11N5O2. The van der Waals surface area contributed by atoms with E-state index in [9.17, 15) is 0 Å². The van der Waals surface area contributed by atoms with Crippen molar-refractivity contribution in [2.24, 2.45) is 0 Å². The number of aromatic nitrogens is 3. The highest BCUT2D eigenvalue weighted by molar-refractivity contribution is 5.69. The summed E-state index contributed by atoms with van der Waals surface area (Å²) in [5, 5.41) is 11.4. The third-order valence-corrected chi connectivity index (χ3v) is 1.82. The zero-order chi connectivity index (χ0) is 10.1. The second kappa shape index (κ2) is 3.11. The van der Waals surface area contributed by atoms with Gasteiger partial charge in [-0.2, -0.15) is 4.98 Å². The lowest BCUT2D eigenvalue weighted by Gasteiger charge is -1.99. The highest BCUT2D eigenvalue weighted by Gasteiger charge is 2.13. The molecule has 2 aromatic heterocycles. The molecule has 0 radical (unpaired) electrons. The van der Waals surface area contributed by atoms with Crippen LogP contribution in [0.3, 0.4) is 0 Å². The van der Waals surface area contributed by atoms with Crippen molar-refractivity contribution in [2.45, 2.75) is 0 Å². The van der Waals surface area contributed by atoms with Gasteiger partial charge < -0.3 is 21.3 Å². The molecule has 0 aliphatic carbocycles. The van der Waals surface area contributed by atoms with Crippen molar-refractivity contribution < 1.29 is 9.84 Å². The van der Waals surface area contributed by atoms with Gasteiger partial charge in [-0.25, -0.2) is 4.52 Å².